The van der Waals surface area contributed by atoms with Gasteiger partial charge in [-0.05, 0) is 68.1 Å². The Balaban J connectivity index is 1.30. The Morgan fingerprint density at radius 2 is 1.87 bits per heavy atom. The summed E-state index contributed by atoms with van der Waals surface area (Å²) >= 11 is 0. The molecule has 8 atom stereocenters. The molecule has 4 aliphatic carbocycles. The van der Waals surface area contributed by atoms with Crippen LogP contribution in [0, 0.1) is 41.4 Å². The van der Waals surface area contributed by atoms with E-state index in [4.69, 9.17) is 14.2 Å². The first-order valence-corrected chi connectivity index (χ1v) is 9.31. The van der Waals surface area contributed by atoms with Gasteiger partial charge in [-0.2, -0.15) is 0 Å². The molecule has 3 saturated carbocycles. The second-order valence-electron chi connectivity index (χ2n) is 7.65. The number of esters is 1. The highest BCUT2D eigenvalue weighted by Crippen LogP contribution is 2.67. The van der Waals surface area contributed by atoms with Crippen molar-refractivity contribution >= 4 is 5.97 Å². The molecule has 0 N–H and O–H groups in total. The molecule has 0 heterocycles. The number of fused-ring (bicyclic) bond motifs is 9. The molecule has 0 radical (unpaired) electrons. The van der Waals surface area contributed by atoms with E-state index in [2.05, 4.69) is 12.2 Å². The zero-order valence-corrected chi connectivity index (χ0v) is 14.1. The molecule has 23 heavy (non-hydrogen) atoms. The minimum atomic E-state index is -0.270. The Morgan fingerprint density at radius 3 is 2.61 bits per heavy atom. The molecule has 0 aromatic carbocycles. The van der Waals surface area contributed by atoms with Crippen LogP contribution in [0.15, 0.2) is 12.2 Å². The van der Waals surface area contributed by atoms with Gasteiger partial charge in [0.1, 0.15) is 0 Å². The molecule has 4 heteroatoms. The van der Waals surface area contributed by atoms with Gasteiger partial charge in [0, 0.05) is 6.61 Å². The third-order valence-electron chi connectivity index (χ3n) is 6.71. The topological polar surface area (TPSA) is 44.8 Å². The predicted molar refractivity (Wildman–Crippen MR) is 85.2 cm³/mol. The summed E-state index contributed by atoms with van der Waals surface area (Å²) in [6.07, 6.45) is 8.94. The first kappa shape index (κ1) is 15.6. The zero-order chi connectivity index (χ0) is 16.0. The molecule has 0 aromatic heterocycles. The lowest BCUT2D eigenvalue weighted by Gasteiger charge is -2.35. The molecule has 0 aromatic rings. The summed E-state index contributed by atoms with van der Waals surface area (Å²) in [5, 5.41) is 0. The average Bonchev–Trinajstić information content (AvgIpc) is 3.31. The van der Waals surface area contributed by atoms with Crippen molar-refractivity contribution in [2.45, 2.75) is 45.8 Å². The van der Waals surface area contributed by atoms with Gasteiger partial charge in [-0.3, -0.25) is 4.79 Å². The van der Waals surface area contributed by atoms with Crippen molar-refractivity contribution in [2.75, 3.05) is 13.4 Å². The van der Waals surface area contributed by atoms with E-state index >= 15 is 0 Å². The third kappa shape index (κ3) is 2.54. The summed E-state index contributed by atoms with van der Waals surface area (Å²) < 4.78 is 16.3. The predicted octanol–water partition coefficient (Wildman–Crippen LogP) is 3.37. The van der Waals surface area contributed by atoms with Gasteiger partial charge in [0.2, 0.25) is 0 Å². The van der Waals surface area contributed by atoms with E-state index in [0.717, 1.165) is 42.4 Å². The van der Waals surface area contributed by atoms with Gasteiger partial charge in [0.05, 0.1) is 5.92 Å². The molecule has 0 amide bonds. The molecule has 4 bridgehead atoms. The first-order valence-electron chi connectivity index (χ1n) is 9.31. The molecule has 8 unspecified atom stereocenters. The lowest BCUT2D eigenvalue weighted by Crippen LogP contribution is -2.35. The first-order chi connectivity index (χ1) is 11.2. The van der Waals surface area contributed by atoms with E-state index < -0.39 is 0 Å². The quantitative estimate of drug-likeness (QED) is 0.312. The highest BCUT2D eigenvalue weighted by molar-refractivity contribution is 5.73. The standard InChI is InChI=1S/C19H28O4/c1-3-16(21-4-2)22-10-23-19(20)15-9-13-8-14(15)18-12-6-5-11(7-12)17(13)18/h5-6,11-18H,3-4,7-10H2,1-2H3. The van der Waals surface area contributed by atoms with Crippen molar-refractivity contribution < 1.29 is 19.0 Å². The smallest absolute Gasteiger partial charge is 0.311 e. The van der Waals surface area contributed by atoms with Crippen molar-refractivity contribution in [1.29, 1.82) is 0 Å². The fourth-order valence-electron chi connectivity index (χ4n) is 6.03. The molecule has 4 nitrogen and oxygen atoms in total. The summed E-state index contributed by atoms with van der Waals surface area (Å²) in [4.78, 5) is 12.5. The molecule has 4 aliphatic rings. The van der Waals surface area contributed by atoms with Crippen LogP contribution in [0.2, 0.25) is 0 Å². The van der Waals surface area contributed by atoms with Crippen molar-refractivity contribution in [3.05, 3.63) is 12.2 Å². The van der Waals surface area contributed by atoms with Gasteiger partial charge in [0.15, 0.2) is 13.1 Å². The minimum absolute atomic E-state index is 0.0191. The zero-order valence-electron chi connectivity index (χ0n) is 14.1. The Labute approximate surface area is 138 Å². The number of carbonyl (C=O) groups is 1. The largest absolute Gasteiger partial charge is 0.438 e. The van der Waals surface area contributed by atoms with Crippen LogP contribution >= 0.6 is 0 Å². The monoisotopic (exact) mass is 320 g/mol. The van der Waals surface area contributed by atoms with Crippen LogP contribution < -0.4 is 0 Å². The number of hydrogen-bond acceptors (Lipinski definition) is 4. The van der Waals surface area contributed by atoms with Crippen LogP contribution in [0.4, 0.5) is 0 Å². The number of ether oxygens (including phenoxy) is 3. The summed E-state index contributed by atoms with van der Waals surface area (Å²) in [6, 6.07) is 0. The van der Waals surface area contributed by atoms with Gasteiger partial charge in [-0.15, -0.1) is 0 Å². The van der Waals surface area contributed by atoms with Crippen molar-refractivity contribution in [2.24, 2.45) is 41.4 Å². The Bertz CT molecular complexity index is 488. The molecular formula is C19H28O4. The maximum atomic E-state index is 12.5. The van der Waals surface area contributed by atoms with Crippen LogP contribution in [0.3, 0.4) is 0 Å². The molecular weight excluding hydrogens is 292 g/mol. The molecule has 128 valence electrons. The van der Waals surface area contributed by atoms with Crippen molar-refractivity contribution in [3.63, 3.8) is 0 Å². The maximum absolute atomic E-state index is 12.5. The SMILES string of the molecule is CCOC(CC)OCOC(=O)C1CC2CC1C1C3C=CC(C3)C21. The van der Waals surface area contributed by atoms with Gasteiger partial charge < -0.3 is 14.2 Å². The van der Waals surface area contributed by atoms with Crippen LogP contribution in [-0.4, -0.2) is 25.7 Å². The van der Waals surface area contributed by atoms with Crippen molar-refractivity contribution in [1.82, 2.24) is 0 Å². The minimum Gasteiger partial charge on any atom is -0.438 e. The summed E-state index contributed by atoms with van der Waals surface area (Å²) in [6.45, 7) is 4.57. The Morgan fingerprint density at radius 1 is 1.09 bits per heavy atom. The normalized spacial score (nSPS) is 43.8. The van der Waals surface area contributed by atoms with Gasteiger partial charge >= 0.3 is 5.97 Å². The van der Waals surface area contributed by atoms with E-state index in [0.29, 0.717) is 12.5 Å². The maximum Gasteiger partial charge on any atom is 0.311 e. The van der Waals surface area contributed by atoms with E-state index in [1.807, 2.05) is 13.8 Å². The van der Waals surface area contributed by atoms with E-state index in [1.54, 1.807) is 0 Å². The number of allylic oxidation sites excluding steroid dienone is 2. The molecule has 0 aliphatic heterocycles. The highest BCUT2D eigenvalue weighted by Gasteiger charge is 2.62. The average molecular weight is 320 g/mol. The molecule has 4 rings (SSSR count). The van der Waals surface area contributed by atoms with Crippen LogP contribution in [0.5, 0.6) is 0 Å². The third-order valence-corrected chi connectivity index (χ3v) is 6.71. The highest BCUT2D eigenvalue weighted by atomic mass is 16.8. The second-order valence-corrected chi connectivity index (χ2v) is 7.65. The summed E-state index contributed by atoms with van der Waals surface area (Å²) in [5.41, 5.74) is 0. The number of hydrogen-bond donors (Lipinski definition) is 0. The Kier molecular flexibility index (Phi) is 4.22. The van der Waals surface area contributed by atoms with E-state index in [1.165, 1.54) is 12.8 Å². The van der Waals surface area contributed by atoms with Crippen molar-refractivity contribution in [3.8, 4) is 0 Å². The van der Waals surface area contributed by atoms with Crippen LogP contribution in [0.1, 0.15) is 39.5 Å². The molecule has 3 fully saturated rings. The Hall–Kier alpha value is -0.870. The lowest BCUT2D eigenvalue weighted by molar-refractivity contribution is -0.203. The number of carbonyl (C=O) groups excluding carboxylic acids is 1. The fraction of sp³-hybridized carbons (Fsp3) is 0.842. The van der Waals surface area contributed by atoms with Gasteiger partial charge in [0.25, 0.3) is 0 Å². The molecule has 0 saturated heterocycles. The summed E-state index contributed by atoms with van der Waals surface area (Å²) in [7, 11) is 0. The van der Waals surface area contributed by atoms with E-state index in [-0.39, 0.29) is 25.0 Å². The second kappa shape index (κ2) is 6.21. The van der Waals surface area contributed by atoms with E-state index in [9.17, 15) is 4.79 Å². The van der Waals surface area contributed by atoms with Gasteiger partial charge in [-0.1, -0.05) is 19.1 Å². The lowest BCUT2D eigenvalue weighted by atomic mass is 9.69. The fourth-order valence-corrected chi connectivity index (χ4v) is 6.03. The van der Waals surface area contributed by atoms with Crippen LogP contribution in [0.25, 0.3) is 0 Å². The van der Waals surface area contributed by atoms with Crippen LogP contribution in [-0.2, 0) is 19.0 Å². The number of rotatable bonds is 7. The summed E-state index contributed by atoms with van der Waals surface area (Å²) in [5.74, 6) is 4.48. The molecule has 0 spiro atoms. The van der Waals surface area contributed by atoms with Gasteiger partial charge in [-0.25, -0.2) is 0 Å².